The van der Waals surface area contributed by atoms with Gasteiger partial charge in [-0.05, 0) is 17.7 Å². The summed E-state index contributed by atoms with van der Waals surface area (Å²) < 4.78 is 27.3. The Morgan fingerprint density at radius 3 is 2.33 bits per heavy atom. The summed E-state index contributed by atoms with van der Waals surface area (Å²) in [5, 5.41) is 11.4. The lowest BCUT2D eigenvalue weighted by molar-refractivity contribution is -0.384. The molecular weight excluding hydrogens is 434 g/mol. The predicted molar refractivity (Wildman–Crippen MR) is 106 cm³/mol. The number of piperazine rings is 1. The lowest BCUT2D eigenvalue weighted by atomic mass is 10.1. The summed E-state index contributed by atoms with van der Waals surface area (Å²) in [5.41, 5.74) is 1.06. The smallest absolute Gasteiger partial charge is 0.269 e. The van der Waals surface area contributed by atoms with Crippen LogP contribution in [0.3, 0.4) is 0 Å². The van der Waals surface area contributed by atoms with Crippen LogP contribution in [0.4, 0.5) is 5.69 Å². The Morgan fingerprint density at radius 1 is 1.07 bits per heavy atom. The summed E-state index contributed by atoms with van der Waals surface area (Å²) in [7, 11) is -3.68. The molecule has 1 heterocycles. The van der Waals surface area contributed by atoms with E-state index in [0.717, 1.165) is 6.54 Å². The molecule has 0 amide bonds. The van der Waals surface area contributed by atoms with Gasteiger partial charge in [0.1, 0.15) is 0 Å². The first-order chi connectivity index (χ1) is 12.9. The van der Waals surface area contributed by atoms with E-state index in [2.05, 4.69) is 33.0 Å². The molecular formula is C18H20BrN3O4S. The number of sulfonamides is 1. The predicted octanol–water partition coefficient (Wildman–Crippen LogP) is 2.86. The molecule has 0 aliphatic carbocycles. The van der Waals surface area contributed by atoms with Crippen molar-refractivity contribution in [2.45, 2.75) is 17.5 Å². The van der Waals surface area contributed by atoms with Gasteiger partial charge in [-0.3, -0.25) is 15.0 Å². The van der Waals surface area contributed by atoms with Crippen LogP contribution in [0.2, 0.25) is 0 Å². The van der Waals surface area contributed by atoms with Crippen molar-refractivity contribution in [2.24, 2.45) is 0 Å². The summed E-state index contributed by atoms with van der Waals surface area (Å²) >= 11 is 3.50. The highest BCUT2D eigenvalue weighted by Crippen LogP contribution is 2.24. The fourth-order valence-corrected chi connectivity index (χ4v) is 5.23. The van der Waals surface area contributed by atoms with E-state index in [0.29, 0.717) is 25.0 Å². The molecule has 9 heteroatoms. The molecule has 1 saturated heterocycles. The molecule has 0 radical (unpaired) electrons. The fraction of sp³-hybridized carbons (Fsp3) is 0.333. The molecule has 0 saturated carbocycles. The maximum atomic E-state index is 12.9. The Balaban J connectivity index is 1.73. The number of alkyl halides is 1. The van der Waals surface area contributed by atoms with Gasteiger partial charge in [-0.2, -0.15) is 4.31 Å². The minimum absolute atomic E-state index is 0.0479. The quantitative estimate of drug-likeness (QED) is 0.381. The monoisotopic (exact) mass is 453 g/mol. The van der Waals surface area contributed by atoms with Gasteiger partial charge in [-0.15, -0.1) is 0 Å². The second-order valence-corrected chi connectivity index (χ2v) is 8.96. The van der Waals surface area contributed by atoms with E-state index in [4.69, 9.17) is 0 Å². The molecule has 1 atom stereocenters. The number of rotatable bonds is 6. The highest BCUT2D eigenvalue weighted by atomic mass is 79.9. The van der Waals surface area contributed by atoms with Crippen molar-refractivity contribution in [2.75, 3.05) is 25.0 Å². The number of nitro groups is 1. The average Bonchev–Trinajstić information content (AvgIpc) is 2.69. The molecule has 2 aromatic rings. The van der Waals surface area contributed by atoms with Crippen LogP contribution in [0, 0.1) is 10.1 Å². The molecule has 1 fully saturated rings. The van der Waals surface area contributed by atoms with E-state index in [1.807, 2.05) is 18.2 Å². The summed E-state index contributed by atoms with van der Waals surface area (Å²) in [6.45, 7) is 2.15. The normalized spacial score (nSPS) is 19.1. The van der Waals surface area contributed by atoms with Crippen LogP contribution >= 0.6 is 15.9 Å². The van der Waals surface area contributed by atoms with Crippen LogP contribution in [-0.4, -0.2) is 53.6 Å². The molecule has 144 valence electrons. The molecule has 2 aromatic carbocycles. The van der Waals surface area contributed by atoms with E-state index in [9.17, 15) is 18.5 Å². The van der Waals surface area contributed by atoms with Crippen LogP contribution in [-0.2, 0) is 16.6 Å². The third-order valence-corrected chi connectivity index (χ3v) is 7.29. The van der Waals surface area contributed by atoms with Gasteiger partial charge >= 0.3 is 0 Å². The second-order valence-electron chi connectivity index (χ2n) is 6.38. The molecule has 0 spiro atoms. The van der Waals surface area contributed by atoms with Gasteiger partial charge in [-0.25, -0.2) is 8.42 Å². The van der Waals surface area contributed by atoms with Gasteiger partial charge in [0.25, 0.3) is 5.69 Å². The van der Waals surface area contributed by atoms with Gasteiger partial charge in [0.2, 0.25) is 10.0 Å². The van der Waals surface area contributed by atoms with Crippen molar-refractivity contribution in [1.82, 2.24) is 9.21 Å². The number of hydrogen-bond donors (Lipinski definition) is 0. The Labute approximate surface area is 166 Å². The van der Waals surface area contributed by atoms with Crippen molar-refractivity contribution in [1.29, 1.82) is 0 Å². The average molecular weight is 454 g/mol. The van der Waals surface area contributed by atoms with Crippen molar-refractivity contribution in [3.05, 3.63) is 70.3 Å². The Bertz CT molecular complexity index is 891. The minimum Gasteiger partial charge on any atom is -0.293 e. The Hall–Kier alpha value is -1.81. The molecule has 1 aliphatic rings. The van der Waals surface area contributed by atoms with Crippen LogP contribution in [0.25, 0.3) is 0 Å². The molecule has 7 nitrogen and oxygen atoms in total. The zero-order valence-corrected chi connectivity index (χ0v) is 17.0. The summed E-state index contributed by atoms with van der Waals surface area (Å²) in [5.74, 6) is 0. The first-order valence-electron chi connectivity index (χ1n) is 8.50. The van der Waals surface area contributed by atoms with Crippen molar-refractivity contribution in [3.63, 3.8) is 0 Å². The van der Waals surface area contributed by atoms with E-state index in [-0.39, 0.29) is 16.6 Å². The SMILES string of the molecule is O=[N+]([O-])c1ccc(S(=O)(=O)N2CCN(Cc3ccccc3)[C@@H](CBr)C2)cc1. The summed E-state index contributed by atoms with van der Waals surface area (Å²) in [6, 6.07) is 15.2. The topological polar surface area (TPSA) is 83.8 Å². The number of hydrogen-bond acceptors (Lipinski definition) is 5. The Kier molecular flexibility index (Phi) is 6.25. The Morgan fingerprint density at radius 2 is 1.74 bits per heavy atom. The van der Waals surface area contributed by atoms with Gasteiger partial charge in [-0.1, -0.05) is 46.3 Å². The van der Waals surface area contributed by atoms with Crippen LogP contribution < -0.4 is 0 Å². The van der Waals surface area contributed by atoms with E-state index >= 15 is 0 Å². The highest BCUT2D eigenvalue weighted by Gasteiger charge is 2.33. The molecule has 0 aromatic heterocycles. The number of non-ortho nitro benzene ring substituents is 1. The van der Waals surface area contributed by atoms with Gasteiger partial charge in [0.15, 0.2) is 0 Å². The van der Waals surface area contributed by atoms with Crippen LogP contribution in [0.1, 0.15) is 5.56 Å². The lowest BCUT2D eigenvalue weighted by Crippen LogP contribution is -2.54. The number of nitrogens with zero attached hydrogens (tertiary/aromatic N) is 3. The van der Waals surface area contributed by atoms with Crippen molar-refractivity contribution >= 4 is 31.6 Å². The third-order valence-electron chi connectivity index (χ3n) is 4.66. The zero-order chi connectivity index (χ0) is 19.4. The largest absolute Gasteiger partial charge is 0.293 e. The first kappa shape index (κ1) is 19.9. The number of halogens is 1. The fourth-order valence-electron chi connectivity index (χ4n) is 3.14. The summed E-state index contributed by atoms with van der Waals surface area (Å²) in [6.07, 6.45) is 0. The van der Waals surface area contributed by atoms with Crippen LogP contribution in [0.5, 0.6) is 0 Å². The van der Waals surface area contributed by atoms with E-state index < -0.39 is 14.9 Å². The van der Waals surface area contributed by atoms with Crippen molar-refractivity contribution < 1.29 is 13.3 Å². The molecule has 0 N–H and O–H groups in total. The minimum atomic E-state index is -3.68. The first-order valence-corrected chi connectivity index (χ1v) is 11.1. The molecule has 1 aliphatic heterocycles. The molecule has 3 rings (SSSR count). The summed E-state index contributed by atoms with van der Waals surface area (Å²) in [4.78, 5) is 12.6. The van der Waals surface area contributed by atoms with Crippen molar-refractivity contribution in [3.8, 4) is 0 Å². The lowest BCUT2D eigenvalue weighted by Gasteiger charge is -2.40. The molecule has 27 heavy (non-hydrogen) atoms. The van der Waals surface area contributed by atoms with E-state index in [1.165, 1.54) is 34.1 Å². The second kappa shape index (κ2) is 8.47. The van der Waals surface area contributed by atoms with E-state index in [1.54, 1.807) is 0 Å². The zero-order valence-electron chi connectivity index (χ0n) is 14.6. The molecule has 0 unspecified atom stereocenters. The van der Waals surface area contributed by atoms with Gasteiger partial charge < -0.3 is 0 Å². The van der Waals surface area contributed by atoms with Crippen LogP contribution in [0.15, 0.2) is 59.5 Å². The molecule has 0 bridgehead atoms. The number of nitro benzene ring substituents is 1. The standard InChI is InChI=1S/C18H20BrN3O4S/c19-12-17-14-21(11-10-20(17)13-15-4-2-1-3-5-15)27(25,26)18-8-6-16(7-9-18)22(23)24/h1-9,17H,10-14H2/t17-/m0/s1. The maximum Gasteiger partial charge on any atom is 0.269 e. The third kappa shape index (κ3) is 4.55. The number of benzene rings is 2. The van der Waals surface area contributed by atoms with Gasteiger partial charge in [0, 0.05) is 49.7 Å². The maximum absolute atomic E-state index is 12.9. The van der Waals surface area contributed by atoms with Gasteiger partial charge in [0.05, 0.1) is 9.82 Å². The highest BCUT2D eigenvalue weighted by molar-refractivity contribution is 9.09.